The Bertz CT molecular complexity index is 1070. The SMILES string of the molecule is O=C(Nc1ncc(Cl)s1)C(c1ccc(-c2nnn(C(F)F)n2)cc1)C1CCC(F)(F)C1. The van der Waals surface area contributed by atoms with Crippen LogP contribution in [0.3, 0.4) is 0 Å². The molecule has 4 rings (SSSR count). The fourth-order valence-electron chi connectivity index (χ4n) is 3.66. The Hall–Kier alpha value is -2.60. The smallest absolute Gasteiger partial charge is 0.301 e. The summed E-state index contributed by atoms with van der Waals surface area (Å²) in [7, 11) is 0. The molecule has 1 N–H and O–H groups in total. The molecule has 1 aliphatic carbocycles. The molecular weight excluding hydrogens is 460 g/mol. The molecule has 2 heterocycles. The van der Waals surface area contributed by atoms with Gasteiger partial charge in [0.15, 0.2) is 5.13 Å². The van der Waals surface area contributed by atoms with Gasteiger partial charge in [0.2, 0.25) is 17.7 Å². The van der Waals surface area contributed by atoms with Crippen molar-refractivity contribution in [3.63, 3.8) is 0 Å². The van der Waals surface area contributed by atoms with E-state index >= 15 is 0 Å². The highest BCUT2D eigenvalue weighted by atomic mass is 35.5. The minimum Gasteiger partial charge on any atom is -0.301 e. The van der Waals surface area contributed by atoms with Crippen LogP contribution >= 0.6 is 22.9 Å². The zero-order chi connectivity index (χ0) is 22.2. The van der Waals surface area contributed by atoms with Crippen LogP contribution in [0.5, 0.6) is 0 Å². The largest absolute Gasteiger partial charge is 0.350 e. The van der Waals surface area contributed by atoms with E-state index < -0.39 is 36.6 Å². The lowest BCUT2D eigenvalue weighted by Crippen LogP contribution is -2.27. The number of anilines is 1. The van der Waals surface area contributed by atoms with E-state index in [0.717, 1.165) is 11.3 Å². The van der Waals surface area contributed by atoms with Gasteiger partial charge in [-0.15, -0.1) is 10.2 Å². The molecule has 0 radical (unpaired) electrons. The molecule has 13 heteroatoms. The molecule has 3 aromatic rings. The summed E-state index contributed by atoms with van der Waals surface area (Å²) in [4.78, 5) is 17.2. The molecule has 2 unspecified atom stereocenters. The normalized spacial score (nSPS) is 19.0. The molecular formula is C18H15ClF4N6OS. The van der Waals surface area contributed by atoms with Crippen molar-refractivity contribution in [3.05, 3.63) is 40.4 Å². The first-order valence-corrected chi connectivity index (χ1v) is 10.4. The summed E-state index contributed by atoms with van der Waals surface area (Å²) in [6.07, 6.45) is 0.879. The van der Waals surface area contributed by atoms with E-state index in [1.807, 2.05) is 0 Å². The summed E-state index contributed by atoms with van der Waals surface area (Å²) >= 11 is 6.90. The molecule has 1 fully saturated rings. The van der Waals surface area contributed by atoms with Gasteiger partial charge < -0.3 is 5.32 Å². The maximum absolute atomic E-state index is 13.9. The number of halogens is 5. The molecule has 1 saturated carbocycles. The van der Waals surface area contributed by atoms with Gasteiger partial charge in [-0.3, -0.25) is 4.79 Å². The number of tetrazole rings is 1. The lowest BCUT2D eigenvalue weighted by molar-refractivity contribution is -0.118. The number of thiazole rings is 1. The van der Waals surface area contributed by atoms with Crippen molar-refractivity contribution in [1.82, 2.24) is 25.2 Å². The first kappa shape index (κ1) is 21.6. The molecule has 2 atom stereocenters. The first-order valence-electron chi connectivity index (χ1n) is 9.20. The van der Waals surface area contributed by atoms with Crippen LogP contribution in [-0.2, 0) is 4.79 Å². The fraction of sp³-hybridized carbons (Fsp3) is 0.389. The van der Waals surface area contributed by atoms with Crippen LogP contribution in [0.25, 0.3) is 11.4 Å². The second kappa shape index (κ2) is 8.50. The molecule has 7 nitrogen and oxygen atoms in total. The van der Waals surface area contributed by atoms with E-state index in [4.69, 9.17) is 11.6 Å². The number of rotatable bonds is 6. The van der Waals surface area contributed by atoms with E-state index in [2.05, 4.69) is 25.7 Å². The number of hydrogen-bond acceptors (Lipinski definition) is 6. The van der Waals surface area contributed by atoms with Crippen molar-refractivity contribution < 1.29 is 22.4 Å². The van der Waals surface area contributed by atoms with Crippen LogP contribution < -0.4 is 5.32 Å². The van der Waals surface area contributed by atoms with Crippen molar-refractivity contribution >= 4 is 34.0 Å². The molecule has 164 valence electrons. The number of alkyl halides is 4. The molecule has 2 aromatic heterocycles. The molecule has 31 heavy (non-hydrogen) atoms. The Labute approximate surface area is 182 Å². The van der Waals surface area contributed by atoms with Crippen LogP contribution in [0.2, 0.25) is 4.34 Å². The van der Waals surface area contributed by atoms with Gasteiger partial charge in [-0.2, -0.15) is 8.78 Å². The Morgan fingerprint density at radius 3 is 2.58 bits per heavy atom. The quantitative estimate of drug-likeness (QED) is 0.508. The third-order valence-electron chi connectivity index (χ3n) is 5.03. The minimum atomic E-state index is -2.92. The molecule has 1 aromatic carbocycles. The average Bonchev–Trinajstić information content (AvgIpc) is 3.43. The summed E-state index contributed by atoms with van der Waals surface area (Å²) in [5, 5.41) is 13.4. The van der Waals surface area contributed by atoms with Crippen LogP contribution in [0, 0.1) is 5.92 Å². The van der Waals surface area contributed by atoms with Crippen molar-refractivity contribution in [3.8, 4) is 11.4 Å². The van der Waals surface area contributed by atoms with Crippen molar-refractivity contribution in [2.75, 3.05) is 5.32 Å². The van der Waals surface area contributed by atoms with Gasteiger partial charge in [0, 0.05) is 18.4 Å². The van der Waals surface area contributed by atoms with Crippen LogP contribution in [0.4, 0.5) is 22.7 Å². The van der Waals surface area contributed by atoms with Gasteiger partial charge >= 0.3 is 6.55 Å². The third kappa shape index (κ3) is 4.85. The number of hydrogen-bond donors (Lipinski definition) is 1. The second-order valence-electron chi connectivity index (χ2n) is 7.13. The number of carbonyl (C=O) groups is 1. The lowest BCUT2D eigenvalue weighted by Gasteiger charge is -2.23. The van der Waals surface area contributed by atoms with Crippen LogP contribution in [0.15, 0.2) is 30.5 Å². The zero-order valence-corrected chi connectivity index (χ0v) is 17.3. The van der Waals surface area contributed by atoms with Crippen molar-refractivity contribution in [2.45, 2.75) is 37.7 Å². The van der Waals surface area contributed by atoms with E-state index in [1.165, 1.54) is 18.3 Å². The fourth-order valence-corrected chi connectivity index (χ4v) is 4.48. The highest BCUT2D eigenvalue weighted by Gasteiger charge is 2.45. The third-order valence-corrected chi connectivity index (χ3v) is 6.06. The van der Waals surface area contributed by atoms with Gasteiger partial charge in [0.05, 0.1) is 12.1 Å². The van der Waals surface area contributed by atoms with Gasteiger partial charge in [0.1, 0.15) is 4.34 Å². The van der Waals surface area contributed by atoms with Gasteiger partial charge in [-0.25, -0.2) is 13.8 Å². The van der Waals surface area contributed by atoms with Crippen LogP contribution in [0.1, 0.15) is 37.3 Å². The van der Waals surface area contributed by atoms with Gasteiger partial charge in [0.25, 0.3) is 0 Å². The number of aromatic nitrogens is 5. The standard InChI is InChI=1S/C18H15ClF4N6OS/c19-12-8-24-17(31-12)25-15(30)13(11-5-6-18(22,23)7-11)9-1-3-10(4-2-9)14-26-28-29(27-14)16(20)21/h1-4,8,11,13,16H,5-7H2,(H,24,25,30). The Morgan fingerprint density at radius 1 is 1.29 bits per heavy atom. The monoisotopic (exact) mass is 474 g/mol. The molecule has 0 saturated heterocycles. The topological polar surface area (TPSA) is 85.6 Å². The number of amides is 1. The van der Waals surface area contributed by atoms with E-state index in [0.29, 0.717) is 15.5 Å². The summed E-state index contributed by atoms with van der Waals surface area (Å²) in [6.45, 7) is -2.92. The molecule has 1 amide bonds. The van der Waals surface area contributed by atoms with E-state index in [9.17, 15) is 22.4 Å². The summed E-state index contributed by atoms with van der Waals surface area (Å²) in [5.41, 5.74) is 0.908. The molecule has 0 bridgehead atoms. The second-order valence-corrected chi connectivity index (χ2v) is 8.79. The average molecular weight is 475 g/mol. The maximum atomic E-state index is 13.9. The molecule has 1 aliphatic rings. The number of benzene rings is 1. The number of carbonyl (C=O) groups excluding carboxylic acids is 1. The molecule has 0 spiro atoms. The summed E-state index contributed by atoms with van der Waals surface area (Å²) in [5.74, 6) is -4.74. The van der Waals surface area contributed by atoms with Crippen molar-refractivity contribution in [1.29, 1.82) is 0 Å². The Kier molecular flexibility index (Phi) is 5.93. The maximum Gasteiger partial charge on any atom is 0.350 e. The summed E-state index contributed by atoms with van der Waals surface area (Å²) in [6, 6.07) is 6.23. The predicted molar refractivity (Wildman–Crippen MR) is 105 cm³/mol. The van der Waals surface area contributed by atoms with E-state index in [-0.39, 0.29) is 28.6 Å². The predicted octanol–water partition coefficient (Wildman–Crippen LogP) is 5.00. The summed E-state index contributed by atoms with van der Waals surface area (Å²) < 4.78 is 53.4. The van der Waals surface area contributed by atoms with Gasteiger partial charge in [-0.1, -0.05) is 52.0 Å². The van der Waals surface area contributed by atoms with Crippen LogP contribution in [-0.4, -0.2) is 37.0 Å². The number of nitrogens with one attached hydrogen (secondary N) is 1. The lowest BCUT2D eigenvalue weighted by atomic mass is 9.83. The number of nitrogens with zero attached hydrogens (tertiary/aromatic N) is 5. The zero-order valence-electron chi connectivity index (χ0n) is 15.7. The van der Waals surface area contributed by atoms with E-state index in [1.54, 1.807) is 12.1 Å². The van der Waals surface area contributed by atoms with Crippen molar-refractivity contribution in [2.24, 2.45) is 5.92 Å². The highest BCUT2D eigenvalue weighted by molar-refractivity contribution is 7.19. The Morgan fingerprint density at radius 2 is 2.03 bits per heavy atom. The van der Waals surface area contributed by atoms with Gasteiger partial charge in [-0.05, 0) is 23.1 Å². The Balaban J connectivity index is 1.60. The highest BCUT2D eigenvalue weighted by Crippen LogP contribution is 2.46. The molecule has 0 aliphatic heterocycles. The first-order chi connectivity index (χ1) is 14.7. The minimum absolute atomic E-state index is 0.0160.